The predicted octanol–water partition coefficient (Wildman–Crippen LogP) is 1.59. The van der Waals surface area contributed by atoms with Crippen molar-refractivity contribution >= 4 is 26.9 Å². The first kappa shape index (κ1) is 15.1. The monoisotopic (exact) mass is 322 g/mol. The third-order valence-corrected chi connectivity index (χ3v) is 4.49. The van der Waals surface area contributed by atoms with Crippen LogP contribution in [0.3, 0.4) is 0 Å². The Morgan fingerprint density at radius 1 is 1.36 bits per heavy atom. The summed E-state index contributed by atoms with van der Waals surface area (Å²) in [5.41, 5.74) is 0.675. The van der Waals surface area contributed by atoms with Crippen molar-refractivity contribution in [2.24, 2.45) is 0 Å². The van der Waals surface area contributed by atoms with Gasteiger partial charge in [-0.15, -0.1) is 0 Å². The van der Waals surface area contributed by atoms with Gasteiger partial charge in [0.05, 0.1) is 6.26 Å². The summed E-state index contributed by atoms with van der Waals surface area (Å²) in [4.78, 5) is 14.2. The van der Waals surface area contributed by atoms with Crippen LogP contribution in [0.5, 0.6) is 0 Å². The maximum Gasteiger partial charge on any atom is 0.289 e. The van der Waals surface area contributed by atoms with E-state index in [4.69, 9.17) is 4.42 Å². The topological polar surface area (TPSA) is 79.6 Å². The van der Waals surface area contributed by atoms with Crippen molar-refractivity contribution in [3.8, 4) is 0 Å². The number of hydrogen-bond acceptors (Lipinski definition) is 4. The van der Waals surface area contributed by atoms with Gasteiger partial charge < -0.3 is 9.32 Å². The third-order valence-electron chi connectivity index (χ3n) is 3.73. The Morgan fingerprint density at radius 2 is 2.14 bits per heavy atom. The summed E-state index contributed by atoms with van der Waals surface area (Å²) in [5.74, 6) is 0.0948. The van der Waals surface area contributed by atoms with Gasteiger partial charge in [0, 0.05) is 24.5 Å². The molecule has 22 heavy (non-hydrogen) atoms. The van der Waals surface area contributed by atoms with Crippen molar-refractivity contribution in [1.29, 1.82) is 0 Å². The standard InChI is InChI=1S/C15H18N2O4S/c1-22(19,20)16-12-6-4-8-17(10-12)15(18)14-9-11-5-2-3-7-13(11)21-14/h2-3,5,7,9,12,16H,4,6,8,10H2,1H3/t12-/m0/s1. The number of para-hydroxylation sites is 1. The smallest absolute Gasteiger partial charge is 0.289 e. The molecule has 1 aromatic carbocycles. The number of amides is 1. The van der Waals surface area contributed by atoms with Gasteiger partial charge in [-0.05, 0) is 25.0 Å². The summed E-state index contributed by atoms with van der Waals surface area (Å²) in [5, 5.41) is 0.883. The average molecular weight is 322 g/mol. The number of rotatable bonds is 3. The highest BCUT2D eigenvalue weighted by atomic mass is 32.2. The third kappa shape index (κ3) is 3.31. The lowest BCUT2D eigenvalue weighted by Gasteiger charge is -2.32. The number of hydrogen-bond donors (Lipinski definition) is 1. The van der Waals surface area contributed by atoms with Gasteiger partial charge in [0.2, 0.25) is 10.0 Å². The van der Waals surface area contributed by atoms with Crippen molar-refractivity contribution in [2.75, 3.05) is 19.3 Å². The predicted molar refractivity (Wildman–Crippen MR) is 83.1 cm³/mol. The fourth-order valence-corrected chi connectivity index (χ4v) is 3.60. The summed E-state index contributed by atoms with van der Waals surface area (Å²) in [7, 11) is -3.27. The van der Waals surface area contributed by atoms with Crippen molar-refractivity contribution < 1.29 is 17.6 Å². The van der Waals surface area contributed by atoms with Crippen LogP contribution in [0.2, 0.25) is 0 Å². The van der Waals surface area contributed by atoms with Gasteiger partial charge in [0.25, 0.3) is 5.91 Å². The first-order valence-corrected chi connectivity index (χ1v) is 9.07. The van der Waals surface area contributed by atoms with Gasteiger partial charge in [0.1, 0.15) is 5.58 Å². The zero-order chi connectivity index (χ0) is 15.7. The molecule has 0 radical (unpaired) electrons. The molecule has 2 heterocycles. The normalized spacial score (nSPS) is 19.5. The molecular formula is C15H18N2O4S. The molecule has 0 unspecified atom stereocenters. The van der Waals surface area contributed by atoms with Gasteiger partial charge in [0.15, 0.2) is 5.76 Å². The minimum atomic E-state index is -3.27. The number of likely N-dealkylation sites (tertiary alicyclic amines) is 1. The summed E-state index contributed by atoms with van der Waals surface area (Å²) < 4.78 is 30.8. The first-order valence-electron chi connectivity index (χ1n) is 7.17. The Kier molecular flexibility index (Phi) is 3.92. The second kappa shape index (κ2) is 5.73. The molecule has 1 fully saturated rings. The van der Waals surface area contributed by atoms with Crippen molar-refractivity contribution in [1.82, 2.24) is 9.62 Å². The Bertz CT molecular complexity index is 764. The summed E-state index contributed by atoms with van der Waals surface area (Å²) >= 11 is 0. The lowest BCUT2D eigenvalue weighted by Crippen LogP contribution is -2.49. The Balaban J connectivity index is 1.76. The van der Waals surface area contributed by atoms with Crippen LogP contribution < -0.4 is 4.72 Å². The second-order valence-electron chi connectivity index (χ2n) is 5.63. The number of furan rings is 1. The van der Waals surface area contributed by atoms with E-state index >= 15 is 0 Å². The molecule has 1 aliphatic heterocycles. The zero-order valence-electron chi connectivity index (χ0n) is 12.3. The molecule has 3 rings (SSSR count). The lowest BCUT2D eigenvalue weighted by molar-refractivity contribution is 0.0673. The molecule has 1 aromatic heterocycles. The van der Waals surface area contributed by atoms with Crippen LogP contribution >= 0.6 is 0 Å². The summed E-state index contributed by atoms with van der Waals surface area (Å²) in [6, 6.07) is 8.94. The zero-order valence-corrected chi connectivity index (χ0v) is 13.1. The summed E-state index contributed by atoms with van der Waals surface area (Å²) in [6.07, 6.45) is 2.63. The lowest BCUT2D eigenvalue weighted by atomic mass is 10.1. The average Bonchev–Trinajstić information content (AvgIpc) is 2.88. The van der Waals surface area contributed by atoms with E-state index in [0.29, 0.717) is 24.4 Å². The van der Waals surface area contributed by atoms with Gasteiger partial charge in [-0.2, -0.15) is 0 Å². The van der Waals surface area contributed by atoms with Crippen LogP contribution in [0.4, 0.5) is 0 Å². The number of fused-ring (bicyclic) bond motifs is 1. The highest BCUT2D eigenvalue weighted by molar-refractivity contribution is 7.88. The molecule has 0 spiro atoms. The van der Waals surface area contributed by atoms with Crippen LogP contribution in [0.15, 0.2) is 34.7 Å². The van der Waals surface area contributed by atoms with Crippen molar-refractivity contribution in [3.63, 3.8) is 0 Å². The molecule has 1 amide bonds. The van der Waals surface area contributed by atoms with E-state index in [1.54, 1.807) is 11.0 Å². The number of piperidine rings is 1. The molecule has 0 saturated carbocycles. The fraction of sp³-hybridized carbons (Fsp3) is 0.400. The van der Waals surface area contributed by atoms with E-state index < -0.39 is 10.0 Å². The molecule has 118 valence electrons. The number of carbonyl (C=O) groups is 1. The largest absolute Gasteiger partial charge is 0.451 e. The van der Waals surface area contributed by atoms with Crippen molar-refractivity contribution in [2.45, 2.75) is 18.9 Å². The molecule has 7 heteroatoms. The number of nitrogens with one attached hydrogen (secondary N) is 1. The SMILES string of the molecule is CS(=O)(=O)N[C@H]1CCCN(C(=O)c2cc3ccccc3o2)C1. The minimum absolute atomic E-state index is 0.198. The Hall–Kier alpha value is -1.86. The fourth-order valence-electron chi connectivity index (χ4n) is 2.80. The highest BCUT2D eigenvalue weighted by Crippen LogP contribution is 2.21. The molecule has 0 bridgehead atoms. The van der Waals surface area contributed by atoms with Crippen LogP contribution in [0.1, 0.15) is 23.4 Å². The Labute approximate surface area is 129 Å². The van der Waals surface area contributed by atoms with Crippen LogP contribution in [-0.2, 0) is 10.0 Å². The maximum atomic E-state index is 12.5. The molecule has 6 nitrogen and oxygen atoms in total. The molecule has 0 aliphatic carbocycles. The first-order chi connectivity index (χ1) is 10.4. The minimum Gasteiger partial charge on any atom is -0.451 e. The van der Waals surface area contributed by atoms with Crippen LogP contribution in [0, 0.1) is 0 Å². The summed E-state index contributed by atoms with van der Waals surface area (Å²) in [6.45, 7) is 0.973. The number of benzene rings is 1. The second-order valence-corrected chi connectivity index (χ2v) is 7.41. The van der Waals surface area contributed by atoms with Crippen LogP contribution in [0.25, 0.3) is 11.0 Å². The maximum absolute atomic E-state index is 12.5. The molecule has 1 aliphatic rings. The Morgan fingerprint density at radius 3 is 2.86 bits per heavy atom. The van der Waals surface area contributed by atoms with Gasteiger partial charge in [-0.3, -0.25) is 4.79 Å². The van der Waals surface area contributed by atoms with Crippen molar-refractivity contribution in [3.05, 3.63) is 36.1 Å². The van der Waals surface area contributed by atoms with E-state index in [2.05, 4.69) is 4.72 Å². The van der Waals surface area contributed by atoms with Gasteiger partial charge in [-0.25, -0.2) is 13.1 Å². The van der Waals surface area contributed by atoms with E-state index in [1.807, 2.05) is 24.3 Å². The highest BCUT2D eigenvalue weighted by Gasteiger charge is 2.27. The quantitative estimate of drug-likeness (QED) is 0.930. The molecular weight excluding hydrogens is 304 g/mol. The molecule has 1 atom stereocenters. The van der Waals surface area contributed by atoms with Gasteiger partial charge in [-0.1, -0.05) is 18.2 Å². The molecule has 2 aromatic rings. The molecule has 1 saturated heterocycles. The van der Waals surface area contributed by atoms with Crippen LogP contribution in [-0.4, -0.2) is 44.6 Å². The number of nitrogens with zero attached hydrogens (tertiary/aromatic N) is 1. The molecule has 1 N–H and O–H groups in total. The van der Waals surface area contributed by atoms with E-state index in [9.17, 15) is 13.2 Å². The van der Waals surface area contributed by atoms with E-state index in [0.717, 1.165) is 24.5 Å². The number of carbonyl (C=O) groups excluding carboxylic acids is 1. The van der Waals surface area contributed by atoms with E-state index in [-0.39, 0.29) is 11.9 Å². The number of sulfonamides is 1. The van der Waals surface area contributed by atoms with Gasteiger partial charge >= 0.3 is 0 Å². The van der Waals surface area contributed by atoms with E-state index in [1.165, 1.54) is 0 Å².